The summed E-state index contributed by atoms with van der Waals surface area (Å²) in [6, 6.07) is 0.801. The zero-order valence-electron chi connectivity index (χ0n) is 14.2. The Labute approximate surface area is 131 Å². The van der Waals surface area contributed by atoms with Gasteiger partial charge in [-0.1, -0.05) is 39.0 Å². The molecule has 0 bridgehead atoms. The van der Waals surface area contributed by atoms with Crippen LogP contribution in [0, 0.1) is 17.3 Å². The lowest BCUT2D eigenvalue weighted by Crippen LogP contribution is -2.51. The summed E-state index contributed by atoms with van der Waals surface area (Å²) in [5.41, 5.74) is 6.84. The van der Waals surface area contributed by atoms with Crippen LogP contribution in [-0.4, -0.2) is 30.6 Å². The maximum absolute atomic E-state index is 6.10. The van der Waals surface area contributed by atoms with Crippen LogP contribution in [-0.2, 0) is 0 Å². The molecule has 122 valence electrons. The van der Waals surface area contributed by atoms with Gasteiger partial charge in [0.1, 0.15) is 0 Å². The van der Waals surface area contributed by atoms with E-state index in [1.807, 2.05) is 0 Å². The van der Waals surface area contributed by atoms with Gasteiger partial charge in [0.2, 0.25) is 0 Å². The predicted octanol–water partition coefficient (Wildman–Crippen LogP) is 4.19. The van der Waals surface area contributed by atoms with Crippen molar-refractivity contribution in [2.75, 3.05) is 19.6 Å². The van der Waals surface area contributed by atoms with Crippen LogP contribution in [0.25, 0.3) is 0 Å². The minimum Gasteiger partial charge on any atom is -0.330 e. The van der Waals surface area contributed by atoms with E-state index in [0.717, 1.165) is 29.8 Å². The number of nitrogens with zero attached hydrogens (tertiary/aromatic N) is 1. The van der Waals surface area contributed by atoms with Crippen molar-refractivity contribution in [2.24, 2.45) is 23.0 Å². The van der Waals surface area contributed by atoms with Crippen molar-refractivity contribution in [1.82, 2.24) is 4.90 Å². The summed E-state index contributed by atoms with van der Waals surface area (Å²) in [5.74, 6) is 1.73. The first kappa shape index (κ1) is 15.8. The van der Waals surface area contributed by atoms with Crippen molar-refractivity contribution in [1.29, 1.82) is 0 Å². The first-order valence-corrected chi connectivity index (χ1v) is 9.70. The van der Waals surface area contributed by atoms with E-state index < -0.39 is 0 Å². The van der Waals surface area contributed by atoms with Gasteiger partial charge in [-0.05, 0) is 75.4 Å². The van der Waals surface area contributed by atoms with E-state index in [4.69, 9.17) is 5.73 Å². The molecule has 2 saturated carbocycles. The molecule has 2 N–H and O–H groups in total. The molecule has 0 aromatic rings. The largest absolute Gasteiger partial charge is 0.330 e. The van der Waals surface area contributed by atoms with Gasteiger partial charge in [0, 0.05) is 6.04 Å². The topological polar surface area (TPSA) is 29.3 Å². The fourth-order valence-electron chi connectivity index (χ4n) is 5.52. The highest BCUT2D eigenvalue weighted by atomic mass is 15.2. The molecule has 3 atom stereocenters. The van der Waals surface area contributed by atoms with Gasteiger partial charge in [-0.15, -0.1) is 0 Å². The third-order valence-electron chi connectivity index (χ3n) is 7.19. The minimum absolute atomic E-state index is 0.742. The van der Waals surface area contributed by atoms with Gasteiger partial charge in [0.05, 0.1) is 0 Å². The molecular weight excluding hydrogens is 256 g/mol. The summed E-state index contributed by atoms with van der Waals surface area (Å²) in [6.45, 7) is 6.00. The average molecular weight is 293 g/mol. The second-order valence-electron chi connectivity index (χ2n) is 8.25. The van der Waals surface area contributed by atoms with Crippen LogP contribution in [0.15, 0.2) is 0 Å². The van der Waals surface area contributed by atoms with Crippen LogP contribution >= 0.6 is 0 Å². The maximum atomic E-state index is 6.10. The number of piperidine rings is 1. The van der Waals surface area contributed by atoms with Crippen LogP contribution < -0.4 is 5.73 Å². The van der Waals surface area contributed by atoms with E-state index in [2.05, 4.69) is 11.8 Å². The number of hydrogen-bond acceptors (Lipinski definition) is 2. The average Bonchev–Trinajstić information content (AvgIpc) is 2.56. The van der Waals surface area contributed by atoms with E-state index in [9.17, 15) is 0 Å². The fourth-order valence-corrected chi connectivity index (χ4v) is 5.52. The third-order valence-corrected chi connectivity index (χ3v) is 7.19. The highest BCUT2D eigenvalue weighted by Crippen LogP contribution is 2.46. The van der Waals surface area contributed by atoms with Crippen LogP contribution in [0.3, 0.4) is 0 Å². The van der Waals surface area contributed by atoms with E-state index in [1.165, 1.54) is 83.7 Å². The molecule has 0 radical (unpaired) electrons. The summed E-state index contributed by atoms with van der Waals surface area (Å²) in [7, 11) is 0. The van der Waals surface area contributed by atoms with Crippen molar-refractivity contribution in [3.05, 3.63) is 0 Å². The minimum atomic E-state index is 0.742. The smallest absolute Gasteiger partial charge is 0.0138 e. The standard InChI is InChI=1S/C19H36N2/c1-2-16-6-7-17(15-20)18(14-16)21-12-10-19(11-13-21)8-4-3-5-9-19/h16-18H,2-15,20H2,1H3. The monoisotopic (exact) mass is 292 g/mol. The second kappa shape index (κ2) is 7.00. The highest BCUT2D eigenvalue weighted by Gasteiger charge is 2.40. The summed E-state index contributed by atoms with van der Waals surface area (Å²) < 4.78 is 0. The molecule has 0 amide bonds. The molecule has 0 aromatic carbocycles. The van der Waals surface area contributed by atoms with Gasteiger partial charge < -0.3 is 10.6 Å². The second-order valence-corrected chi connectivity index (χ2v) is 8.25. The molecule has 1 spiro atoms. The Kier molecular flexibility index (Phi) is 5.27. The lowest BCUT2D eigenvalue weighted by molar-refractivity contribution is 0.00795. The Morgan fingerprint density at radius 3 is 2.33 bits per heavy atom. The van der Waals surface area contributed by atoms with Crippen molar-refractivity contribution >= 4 is 0 Å². The molecular formula is C19H36N2. The number of nitrogens with two attached hydrogens (primary N) is 1. The van der Waals surface area contributed by atoms with E-state index >= 15 is 0 Å². The Morgan fingerprint density at radius 1 is 1.00 bits per heavy atom. The van der Waals surface area contributed by atoms with Crippen LogP contribution in [0.5, 0.6) is 0 Å². The number of likely N-dealkylation sites (tertiary alicyclic amines) is 1. The molecule has 0 aromatic heterocycles. The normalized spacial score (nSPS) is 37.7. The zero-order valence-corrected chi connectivity index (χ0v) is 14.2. The quantitative estimate of drug-likeness (QED) is 0.845. The Morgan fingerprint density at radius 2 is 1.71 bits per heavy atom. The molecule has 3 aliphatic rings. The van der Waals surface area contributed by atoms with Crippen LogP contribution in [0.4, 0.5) is 0 Å². The van der Waals surface area contributed by atoms with Gasteiger partial charge in [-0.3, -0.25) is 0 Å². The van der Waals surface area contributed by atoms with Gasteiger partial charge in [-0.25, -0.2) is 0 Å². The first-order valence-electron chi connectivity index (χ1n) is 9.70. The molecule has 1 saturated heterocycles. The van der Waals surface area contributed by atoms with Gasteiger partial charge in [0.15, 0.2) is 0 Å². The van der Waals surface area contributed by atoms with Crippen molar-refractivity contribution < 1.29 is 0 Å². The van der Waals surface area contributed by atoms with E-state index in [-0.39, 0.29) is 0 Å². The fraction of sp³-hybridized carbons (Fsp3) is 1.00. The molecule has 1 heterocycles. The van der Waals surface area contributed by atoms with Crippen molar-refractivity contribution in [2.45, 2.75) is 83.6 Å². The molecule has 2 nitrogen and oxygen atoms in total. The maximum Gasteiger partial charge on any atom is 0.0138 e. The lowest BCUT2D eigenvalue weighted by Gasteiger charge is -2.49. The van der Waals surface area contributed by atoms with E-state index in [0.29, 0.717) is 0 Å². The Balaban J connectivity index is 1.59. The molecule has 3 fully saturated rings. The predicted molar refractivity (Wildman–Crippen MR) is 90.3 cm³/mol. The molecule has 1 aliphatic heterocycles. The van der Waals surface area contributed by atoms with Gasteiger partial charge in [-0.2, -0.15) is 0 Å². The number of rotatable bonds is 3. The van der Waals surface area contributed by atoms with Crippen LogP contribution in [0.1, 0.15) is 77.6 Å². The van der Waals surface area contributed by atoms with Crippen LogP contribution in [0.2, 0.25) is 0 Å². The summed E-state index contributed by atoms with van der Waals surface area (Å²) in [4.78, 5) is 2.85. The highest BCUT2D eigenvalue weighted by molar-refractivity contribution is 4.93. The third kappa shape index (κ3) is 3.47. The summed E-state index contributed by atoms with van der Waals surface area (Å²) >= 11 is 0. The molecule has 3 rings (SSSR count). The van der Waals surface area contributed by atoms with E-state index in [1.54, 1.807) is 0 Å². The molecule has 3 unspecified atom stereocenters. The first-order chi connectivity index (χ1) is 10.3. The Bertz CT molecular complexity index is 312. The number of hydrogen-bond donors (Lipinski definition) is 1. The molecule has 2 heteroatoms. The zero-order chi connectivity index (χ0) is 14.7. The van der Waals surface area contributed by atoms with Gasteiger partial charge in [0.25, 0.3) is 0 Å². The molecule has 2 aliphatic carbocycles. The van der Waals surface area contributed by atoms with Gasteiger partial charge >= 0.3 is 0 Å². The van der Waals surface area contributed by atoms with Crippen molar-refractivity contribution in [3.63, 3.8) is 0 Å². The molecule has 21 heavy (non-hydrogen) atoms. The Hall–Kier alpha value is -0.0800. The summed E-state index contributed by atoms with van der Waals surface area (Å²) in [5, 5.41) is 0. The van der Waals surface area contributed by atoms with Crippen molar-refractivity contribution in [3.8, 4) is 0 Å². The summed E-state index contributed by atoms with van der Waals surface area (Å²) in [6.07, 6.45) is 16.0. The lowest BCUT2D eigenvalue weighted by atomic mass is 9.67. The SMILES string of the molecule is CCC1CCC(CN)C(N2CCC3(CCCCC3)CC2)C1.